The smallest absolute Gasteiger partial charge is 0.0955 e. The lowest BCUT2D eigenvalue weighted by molar-refractivity contribution is 0.151. The number of aromatic nitrogens is 2. The summed E-state index contributed by atoms with van der Waals surface area (Å²) >= 11 is 0. The first-order chi connectivity index (χ1) is 6.69. The third kappa shape index (κ3) is 0.990. The van der Waals surface area contributed by atoms with Crippen molar-refractivity contribution in [3.05, 3.63) is 30.1 Å². The van der Waals surface area contributed by atoms with Crippen molar-refractivity contribution in [1.82, 2.24) is 9.55 Å². The van der Waals surface area contributed by atoms with Gasteiger partial charge in [-0.1, -0.05) is 6.07 Å². The summed E-state index contributed by atoms with van der Waals surface area (Å²) in [7, 11) is 1.97. The van der Waals surface area contributed by atoms with E-state index in [4.69, 9.17) is 0 Å². The molecule has 1 N–H and O–H groups in total. The van der Waals surface area contributed by atoms with Gasteiger partial charge in [-0.2, -0.15) is 0 Å². The number of hydrogen-bond donors (Lipinski definition) is 1. The molecule has 0 bridgehead atoms. The van der Waals surface area contributed by atoms with E-state index in [1.54, 1.807) is 6.33 Å². The molecule has 1 saturated carbocycles. The number of hydrogen-bond acceptors (Lipinski definition) is 2. The number of fused-ring (bicyclic) bond motifs is 1. The van der Waals surface area contributed by atoms with Crippen molar-refractivity contribution in [3.63, 3.8) is 0 Å². The standard InChI is InChI=1S/C11H12N2O/c1-13-7-12-9-6-8(2-3-10(9)13)11(14)4-5-11/h2-3,6-7,14H,4-5H2,1H3. The third-order valence-electron chi connectivity index (χ3n) is 2.99. The van der Waals surface area contributed by atoms with Crippen molar-refractivity contribution in [1.29, 1.82) is 0 Å². The second-order valence-electron chi connectivity index (χ2n) is 4.09. The second kappa shape index (κ2) is 2.36. The molecular formula is C11H12N2O. The highest BCUT2D eigenvalue weighted by molar-refractivity contribution is 5.76. The van der Waals surface area contributed by atoms with Gasteiger partial charge < -0.3 is 9.67 Å². The summed E-state index contributed by atoms with van der Waals surface area (Å²) in [6.07, 6.45) is 3.56. The molecule has 2 aromatic rings. The van der Waals surface area contributed by atoms with E-state index in [-0.39, 0.29) is 0 Å². The van der Waals surface area contributed by atoms with E-state index < -0.39 is 5.60 Å². The Labute approximate surface area is 82.0 Å². The fourth-order valence-electron chi connectivity index (χ4n) is 1.83. The highest BCUT2D eigenvalue weighted by Gasteiger charge is 2.42. The zero-order valence-corrected chi connectivity index (χ0v) is 8.07. The summed E-state index contributed by atoms with van der Waals surface area (Å²) in [6, 6.07) is 6.01. The van der Waals surface area contributed by atoms with E-state index in [0.29, 0.717) is 0 Å². The topological polar surface area (TPSA) is 38.0 Å². The van der Waals surface area contributed by atoms with Crippen LogP contribution in [0.5, 0.6) is 0 Å². The monoisotopic (exact) mass is 188 g/mol. The van der Waals surface area contributed by atoms with Crippen LogP contribution in [-0.2, 0) is 12.6 Å². The highest BCUT2D eigenvalue weighted by Crippen LogP contribution is 2.45. The Balaban J connectivity index is 2.21. The van der Waals surface area contributed by atoms with Crippen molar-refractivity contribution < 1.29 is 5.11 Å². The van der Waals surface area contributed by atoms with E-state index in [9.17, 15) is 5.11 Å². The molecule has 0 saturated heterocycles. The molecule has 0 aliphatic heterocycles. The van der Waals surface area contributed by atoms with Gasteiger partial charge in [0.25, 0.3) is 0 Å². The zero-order valence-electron chi connectivity index (χ0n) is 8.07. The molecule has 1 heterocycles. The van der Waals surface area contributed by atoms with Crippen molar-refractivity contribution >= 4 is 11.0 Å². The number of benzene rings is 1. The minimum atomic E-state index is -0.550. The molecule has 1 aromatic heterocycles. The van der Waals surface area contributed by atoms with Gasteiger partial charge in [-0.3, -0.25) is 0 Å². The molecular weight excluding hydrogens is 176 g/mol. The quantitative estimate of drug-likeness (QED) is 0.737. The van der Waals surface area contributed by atoms with Crippen LogP contribution in [-0.4, -0.2) is 14.7 Å². The maximum absolute atomic E-state index is 9.93. The Morgan fingerprint density at radius 3 is 2.93 bits per heavy atom. The first-order valence-corrected chi connectivity index (χ1v) is 4.83. The molecule has 14 heavy (non-hydrogen) atoms. The Kier molecular flexibility index (Phi) is 1.35. The molecule has 3 nitrogen and oxygen atoms in total. The lowest BCUT2D eigenvalue weighted by Crippen LogP contribution is -2.03. The first kappa shape index (κ1) is 8.00. The molecule has 3 rings (SSSR count). The normalized spacial score (nSPS) is 18.7. The Hall–Kier alpha value is -1.35. The zero-order chi connectivity index (χ0) is 9.76. The lowest BCUT2D eigenvalue weighted by Gasteiger charge is -2.07. The molecule has 1 aliphatic carbocycles. The van der Waals surface area contributed by atoms with Gasteiger partial charge in [0.2, 0.25) is 0 Å². The van der Waals surface area contributed by atoms with Crippen LogP contribution in [0.2, 0.25) is 0 Å². The fourth-order valence-corrected chi connectivity index (χ4v) is 1.83. The lowest BCUT2D eigenvalue weighted by atomic mass is 10.1. The van der Waals surface area contributed by atoms with E-state index in [1.807, 2.05) is 29.8 Å². The molecule has 3 heteroatoms. The Bertz CT molecular complexity index is 497. The molecule has 0 atom stereocenters. The fraction of sp³-hybridized carbons (Fsp3) is 0.364. The second-order valence-corrected chi connectivity index (χ2v) is 4.09. The Morgan fingerprint density at radius 1 is 1.43 bits per heavy atom. The minimum absolute atomic E-state index is 0.550. The van der Waals surface area contributed by atoms with E-state index in [1.165, 1.54) is 0 Å². The van der Waals surface area contributed by atoms with Crippen LogP contribution >= 0.6 is 0 Å². The molecule has 72 valence electrons. The minimum Gasteiger partial charge on any atom is -0.385 e. The summed E-state index contributed by atoms with van der Waals surface area (Å²) in [5.41, 5.74) is 2.53. The van der Waals surface area contributed by atoms with Crippen LogP contribution in [0.15, 0.2) is 24.5 Å². The number of aliphatic hydroxyl groups is 1. The van der Waals surface area contributed by atoms with Crippen LogP contribution in [0.3, 0.4) is 0 Å². The summed E-state index contributed by atoms with van der Waals surface area (Å²) in [4.78, 5) is 4.27. The van der Waals surface area contributed by atoms with Gasteiger partial charge in [-0.15, -0.1) is 0 Å². The number of nitrogens with zero attached hydrogens (tertiary/aromatic N) is 2. The predicted octanol–water partition coefficient (Wildman–Crippen LogP) is 1.55. The van der Waals surface area contributed by atoms with Gasteiger partial charge in [0.15, 0.2) is 0 Å². The van der Waals surface area contributed by atoms with Crippen molar-refractivity contribution in [2.24, 2.45) is 7.05 Å². The average Bonchev–Trinajstić information content (AvgIpc) is 2.84. The highest BCUT2D eigenvalue weighted by atomic mass is 16.3. The first-order valence-electron chi connectivity index (χ1n) is 4.83. The van der Waals surface area contributed by atoms with Gasteiger partial charge in [0.05, 0.1) is 23.0 Å². The van der Waals surface area contributed by atoms with Gasteiger partial charge in [-0.25, -0.2) is 4.98 Å². The van der Waals surface area contributed by atoms with E-state index in [0.717, 1.165) is 29.4 Å². The summed E-state index contributed by atoms with van der Waals surface area (Å²) in [5.74, 6) is 0. The average molecular weight is 188 g/mol. The van der Waals surface area contributed by atoms with Gasteiger partial charge >= 0.3 is 0 Å². The van der Waals surface area contributed by atoms with E-state index in [2.05, 4.69) is 4.98 Å². The van der Waals surface area contributed by atoms with Gasteiger partial charge in [0, 0.05) is 7.05 Å². The largest absolute Gasteiger partial charge is 0.385 e. The van der Waals surface area contributed by atoms with Crippen LogP contribution in [0.1, 0.15) is 18.4 Å². The number of imidazole rings is 1. The van der Waals surface area contributed by atoms with Crippen LogP contribution < -0.4 is 0 Å². The summed E-state index contributed by atoms with van der Waals surface area (Å²) < 4.78 is 1.98. The molecule has 0 unspecified atom stereocenters. The van der Waals surface area contributed by atoms with Gasteiger partial charge in [-0.05, 0) is 30.5 Å². The molecule has 0 amide bonds. The number of aryl methyl sites for hydroxylation is 1. The molecule has 1 aliphatic rings. The van der Waals surface area contributed by atoms with Crippen LogP contribution in [0, 0.1) is 0 Å². The SMILES string of the molecule is Cn1cnc2cc(C3(O)CC3)ccc21. The number of rotatable bonds is 1. The molecule has 1 fully saturated rings. The summed E-state index contributed by atoms with van der Waals surface area (Å²) in [6.45, 7) is 0. The maximum atomic E-state index is 9.93. The van der Waals surface area contributed by atoms with Crippen LogP contribution in [0.4, 0.5) is 0 Å². The van der Waals surface area contributed by atoms with Crippen molar-refractivity contribution in [2.75, 3.05) is 0 Å². The molecule has 0 spiro atoms. The van der Waals surface area contributed by atoms with Crippen molar-refractivity contribution in [2.45, 2.75) is 18.4 Å². The Morgan fingerprint density at radius 2 is 2.21 bits per heavy atom. The third-order valence-corrected chi connectivity index (χ3v) is 2.99. The van der Waals surface area contributed by atoms with E-state index >= 15 is 0 Å². The maximum Gasteiger partial charge on any atom is 0.0955 e. The van der Waals surface area contributed by atoms with Crippen LogP contribution in [0.25, 0.3) is 11.0 Å². The molecule has 0 radical (unpaired) electrons. The summed E-state index contributed by atoms with van der Waals surface area (Å²) in [5, 5.41) is 9.93. The molecule has 1 aromatic carbocycles. The van der Waals surface area contributed by atoms with Crippen molar-refractivity contribution in [3.8, 4) is 0 Å². The predicted molar refractivity (Wildman–Crippen MR) is 53.8 cm³/mol. The van der Waals surface area contributed by atoms with Gasteiger partial charge in [0.1, 0.15) is 0 Å².